The molecule has 12 nitrogen and oxygen atoms in total. The highest BCUT2D eigenvalue weighted by molar-refractivity contribution is 7.54. The number of rotatable bonds is 10. The maximum absolute atomic E-state index is 14.0. The number of esters is 1. The summed E-state index contributed by atoms with van der Waals surface area (Å²) < 4.78 is 54.0. The number of hydrogen-bond donors (Lipinski definition) is 3. The van der Waals surface area contributed by atoms with Crippen molar-refractivity contribution >= 4 is 13.6 Å². The molecule has 4 N–H and O–H groups in total. The molecule has 0 amide bonds. The van der Waals surface area contributed by atoms with Gasteiger partial charge in [0.1, 0.15) is 18.0 Å². The summed E-state index contributed by atoms with van der Waals surface area (Å²) in [7, 11) is -4.52. The largest absolute Gasteiger partial charge is 0.463 e. The van der Waals surface area contributed by atoms with Crippen molar-refractivity contribution in [1.82, 2.24) is 9.55 Å². The molecule has 206 valence electrons. The molecule has 0 radical (unpaired) electrons. The van der Waals surface area contributed by atoms with Gasteiger partial charge in [-0.3, -0.25) is 23.7 Å². The van der Waals surface area contributed by atoms with Crippen LogP contribution in [0.5, 0.6) is 5.75 Å². The van der Waals surface area contributed by atoms with Crippen molar-refractivity contribution in [3.8, 4) is 17.6 Å². The van der Waals surface area contributed by atoms with Crippen LogP contribution in [0.3, 0.4) is 0 Å². The van der Waals surface area contributed by atoms with Crippen LogP contribution in [-0.4, -0.2) is 57.2 Å². The molecule has 2 heterocycles. The topological polar surface area (TPSA) is 172 Å². The average molecular weight is 552 g/mol. The molecule has 1 aliphatic rings. The molecular weight excluding hydrogens is 517 g/mol. The number of aromatic amines is 1. The molecule has 0 bridgehead atoms. The van der Waals surface area contributed by atoms with Gasteiger partial charge in [-0.15, -0.1) is 5.92 Å². The summed E-state index contributed by atoms with van der Waals surface area (Å²) in [5.41, 5.74) is 2.64. The van der Waals surface area contributed by atoms with Gasteiger partial charge in [-0.2, -0.15) is 0 Å². The monoisotopic (exact) mass is 551 g/mol. The van der Waals surface area contributed by atoms with E-state index in [1.807, 2.05) is 4.98 Å². The third kappa shape index (κ3) is 6.81. The number of para-hydroxylation sites is 1. The van der Waals surface area contributed by atoms with Gasteiger partial charge in [-0.25, -0.2) is 9.36 Å². The zero-order valence-corrected chi connectivity index (χ0v) is 22.2. The number of aliphatic hydroxyl groups is 1. The molecule has 0 aliphatic carbocycles. The van der Waals surface area contributed by atoms with Crippen molar-refractivity contribution in [2.24, 2.45) is 11.7 Å². The van der Waals surface area contributed by atoms with Crippen LogP contribution in [0.2, 0.25) is 0 Å². The second kappa shape index (κ2) is 12.1. The van der Waals surface area contributed by atoms with Gasteiger partial charge in [0.25, 0.3) is 5.56 Å². The molecule has 1 saturated heterocycles. The van der Waals surface area contributed by atoms with E-state index in [2.05, 4.69) is 11.8 Å². The van der Waals surface area contributed by atoms with Crippen LogP contribution in [-0.2, 0) is 23.4 Å². The molecule has 3 rings (SSSR count). The fraction of sp³-hybridized carbons (Fsp3) is 0.480. The number of nitrogens with zero attached hydrogens (tertiary/aromatic N) is 1. The van der Waals surface area contributed by atoms with Gasteiger partial charge >= 0.3 is 19.3 Å². The van der Waals surface area contributed by atoms with Crippen molar-refractivity contribution in [3.63, 3.8) is 0 Å². The maximum Gasteiger partial charge on any atom is 0.380 e. The van der Waals surface area contributed by atoms with E-state index >= 15 is 0 Å². The number of aliphatic hydroxyl groups excluding tert-OH is 1. The lowest BCUT2D eigenvalue weighted by atomic mass is 9.91. The predicted molar refractivity (Wildman–Crippen MR) is 137 cm³/mol. The standard InChI is InChI=1S/C25H32N3O9P/c1-5-12-25(26)21(30)19(36-23(25)28-13-11-20(29)27-24(28)32)14-34-38(33,37-18-9-7-6-8-10-18)15-17(4)22(31)35-16(2)3/h6-11,13,16-17,19,21,23,30H,14-15,26H2,1-4H3,(H,27,29,32)/t17-,19-,21+,23-,25?,38+/m1/s1/i14D2. The number of hydrogen-bond acceptors (Lipinski definition) is 10. The van der Waals surface area contributed by atoms with Crippen molar-refractivity contribution in [1.29, 1.82) is 0 Å². The quantitative estimate of drug-likeness (QED) is 0.223. The Hall–Kier alpha value is -3.20. The Balaban J connectivity index is 1.99. The van der Waals surface area contributed by atoms with E-state index in [0.29, 0.717) is 0 Å². The SMILES string of the molecule is [2H]C([2H])(O[P@@](=O)(C[C@@H](C)C(=O)OC(C)C)Oc1ccccc1)[C@H]1O[C@@H](n2ccc(=O)[nH]c2=O)C(N)(C#CC)[C@H]1O. The Morgan fingerprint density at radius 3 is 2.61 bits per heavy atom. The minimum absolute atomic E-state index is 0.0710. The van der Waals surface area contributed by atoms with Crippen LogP contribution in [0.15, 0.2) is 52.2 Å². The highest BCUT2D eigenvalue weighted by Crippen LogP contribution is 2.51. The summed E-state index contributed by atoms with van der Waals surface area (Å²) in [6.45, 7) is 3.05. The lowest BCUT2D eigenvalue weighted by Crippen LogP contribution is -2.55. The van der Waals surface area contributed by atoms with Crippen LogP contribution in [0, 0.1) is 17.8 Å². The number of H-pyrrole nitrogens is 1. The molecule has 1 aromatic carbocycles. The van der Waals surface area contributed by atoms with Crippen LogP contribution in [0.1, 0.15) is 36.7 Å². The van der Waals surface area contributed by atoms with Crippen LogP contribution < -0.4 is 21.5 Å². The molecule has 6 atom stereocenters. The number of aromatic nitrogens is 2. The molecule has 1 aromatic heterocycles. The fourth-order valence-corrected chi connectivity index (χ4v) is 5.41. The molecular formula is C25H32N3O9P. The number of nitrogens with one attached hydrogen (secondary N) is 1. The summed E-state index contributed by atoms with van der Waals surface area (Å²) >= 11 is 0. The van der Waals surface area contributed by atoms with Crippen LogP contribution >= 0.6 is 7.60 Å². The first kappa shape index (κ1) is 26.4. The predicted octanol–water partition coefficient (Wildman–Crippen LogP) is 1.39. The highest BCUT2D eigenvalue weighted by atomic mass is 31.2. The van der Waals surface area contributed by atoms with Crippen molar-refractivity contribution < 1.29 is 35.7 Å². The van der Waals surface area contributed by atoms with Gasteiger partial charge in [-0.05, 0) is 32.9 Å². The van der Waals surface area contributed by atoms with E-state index in [4.69, 9.17) is 27.0 Å². The Morgan fingerprint density at radius 2 is 2.00 bits per heavy atom. The first-order chi connectivity index (χ1) is 18.6. The summed E-state index contributed by atoms with van der Waals surface area (Å²) in [6.07, 6.45) is -5.44. The zero-order chi connectivity index (χ0) is 29.9. The number of carbonyl (C=O) groups is 1. The summed E-state index contributed by atoms with van der Waals surface area (Å²) in [5, 5.41) is 11.1. The third-order valence-electron chi connectivity index (χ3n) is 5.45. The first-order valence-corrected chi connectivity index (χ1v) is 13.5. The number of benzene rings is 1. The normalized spacial score (nSPS) is 26.3. The van der Waals surface area contributed by atoms with Crippen LogP contribution in [0.25, 0.3) is 0 Å². The minimum atomic E-state index is -4.52. The van der Waals surface area contributed by atoms with Crippen molar-refractivity contribution in [2.45, 2.75) is 57.8 Å². The average Bonchev–Trinajstić information content (AvgIpc) is 3.10. The number of carbonyl (C=O) groups excluding carboxylic acids is 1. The lowest BCUT2D eigenvalue weighted by molar-refractivity contribution is -0.151. The first-order valence-electron chi connectivity index (χ1n) is 12.7. The molecule has 13 heteroatoms. The molecule has 0 spiro atoms. The molecule has 0 saturated carbocycles. The lowest BCUT2D eigenvalue weighted by Gasteiger charge is -2.28. The highest BCUT2D eigenvalue weighted by Gasteiger charge is 2.55. The second-order valence-electron chi connectivity index (χ2n) is 8.97. The Kier molecular flexibility index (Phi) is 8.42. The number of ether oxygens (including phenoxy) is 2. The molecule has 38 heavy (non-hydrogen) atoms. The summed E-state index contributed by atoms with van der Waals surface area (Å²) in [4.78, 5) is 38.5. The maximum atomic E-state index is 14.0. The molecule has 1 fully saturated rings. The molecule has 1 aliphatic heterocycles. The Bertz CT molecular complexity index is 1440. The smallest absolute Gasteiger partial charge is 0.380 e. The van der Waals surface area contributed by atoms with Gasteiger partial charge in [0.15, 0.2) is 11.8 Å². The van der Waals surface area contributed by atoms with Crippen LogP contribution in [0.4, 0.5) is 0 Å². The van der Waals surface area contributed by atoms with Gasteiger partial charge < -0.3 is 24.8 Å². The van der Waals surface area contributed by atoms with Gasteiger partial charge in [0, 0.05) is 12.3 Å². The summed E-state index contributed by atoms with van der Waals surface area (Å²) in [5.74, 6) is 3.40. The minimum Gasteiger partial charge on any atom is -0.463 e. The van der Waals surface area contributed by atoms with E-state index in [1.54, 1.807) is 32.0 Å². The van der Waals surface area contributed by atoms with Gasteiger partial charge in [-0.1, -0.05) is 31.0 Å². The third-order valence-corrected chi connectivity index (χ3v) is 7.32. The fourth-order valence-electron chi connectivity index (χ4n) is 3.70. The van der Waals surface area contributed by atoms with E-state index in [9.17, 15) is 24.1 Å². The van der Waals surface area contributed by atoms with Crippen molar-refractivity contribution in [3.05, 3.63) is 63.4 Å². The molecule has 1 unspecified atom stereocenters. The second-order valence-corrected chi connectivity index (χ2v) is 10.9. The summed E-state index contributed by atoms with van der Waals surface area (Å²) in [6, 6.07) is 8.79. The van der Waals surface area contributed by atoms with Crippen molar-refractivity contribution in [2.75, 3.05) is 12.7 Å². The van der Waals surface area contributed by atoms with Gasteiger partial charge in [0.05, 0.1) is 27.5 Å². The Labute approximate surface area is 222 Å². The number of nitrogens with two attached hydrogens (primary N) is 1. The van der Waals surface area contributed by atoms with E-state index in [-0.39, 0.29) is 5.75 Å². The van der Waals surface area contributed by atoms with E-state index in [0.717, 1.165) is 16.8 Å². The Morgan fingerprint density at radius 1 is 1.32 bits per heavy atom. The van der Waals surface area contributed by atoms with E-state index < -0.39 is 73.5 Å². The molecule has 2 aromatic rings. The van der Waals surface area contributed by atoms with E-state index in [1.165, 1.54) is 26.0 Å². The zero-order valence-electron chi connectivity index (χ0n) is 23.3. The van der Waals surface area contributed by atoms with Gasteiger partial charge in [0.2, 0.25) is 0 Å².